The molecule has 160 valence electrons. The molecule has 4 rings (SSSR count). The molecule has 0 radical (unpaired) electrons. The molecule has 0 amide bonds. The Hall–Kier alpha value is -2.62. The molecule has 9 heteroatoms. The summed E-state index contributed by atoms with van der Waals surface area (Å²) in [5.41, 5.74) is 0.342. The molecular formula is C21H25N3O5S. The van der Waals surface area contributed by atoms with Gasteiger partial charge in [-0.15, -0.1) is 0 Å². The largest absolute Gasteiger partial charge is 0.497 e. The lowest BCUT2D eigenvalue weighted by atomic mass is 10.1. The minimum absolute atomic E-state index is 0.247. The van der Waals surface area contributed by atoms with Gasteiger partial charge in [0.25, 0.3) is 10.2 Å². The van der Waals surface area contributed by atoms with Gasteiger partial charge < -0.3 is 14.7 Å². The maximum atomic E-state index is 13.0. The lowest BCUT2D eigenvalue weighted by Crippen LogP contribution is -2.56. The van der Waals surface area contributed by atoms with E-state index in [0.717, 1.165) is 17.0 Å². The van der Waals surface area contributed by atoms with Gasteiger partial charge in [-0.2, -0.15) is 17.4 Å². The molecule has 1 aliphatic carbocycles. The highest BCUT2D eigenvalue weighted by Gasteiger charge is 2.63. The second-order valence-corrected chi connectivity index (χ2v) is 9.31. The molecule has 0 aromatic heterocycles. The zero-order valence-corrected chi connectivity index (χ0v) is 17.5. The van der Waals surface area contributed by atoms with Crippen molar-refractivity contribution in [1.82, 2.24) is 9.03 Å². The lowest BCUT2D eigenvalue weighted by Gasteiger charge is -2.36. The number of carboxylic acids is 1. The van der Waals surface area contributed by atoms with Gasteiger partial charge in [-0.25, -0.2) is 0 Å². The summed E-state index contributed by atoms with van der Waals surface area (Å²) in [4.78, 5) is 14.1. The SMILES string of the molecule is COc1ccc(N2CCN(S(=O)(=O)NC3(C(=O)O)CC3c3ccccc3)CC2)cc1. The van der Waals surface area contributed by atoms with Crippen LogP contribution < -0.4 is 14.4 Å². The highest BCUT2D eigenvalue weighted by molar-refractivity contribution is 7.87. The Bertz CT molecular complexity index is 1000. The topological polar surface area (TPSA) is 99.2 Å². The first-order valence-corrected chi connectivity index (χ1v) is 11.3. The molecule has 2 aliphatic rings. The number of hydrogen-bond donors (Lipinski definition) is 2. The van der Waals surface area contributed by atoms with Crippen molar-refractivity contribution in [2.45, 2.75) is 17.9 Å². The molecule has 2 aromatic rings. The van der Waals surface area contributed by atoms with E-state index in [1.54, 1.807) is 7.11 Å². The van der Waals surface area contributed by atoms with Crippen molar-refractivity contribution in [2.24, 2.45) is 0 Å². The Kier molecular flexibility index (Phi) is 5.44. The third kappa shape index (κ3) is 3.88. The van der Waals surface area contributed by atoms with Crippen molar-refractivity contribution in [3.05, 3.63) is 60.2 Å². The lowest BCUT2D eigenvalue weighted by molar-refractivity contribution is -0.140. The molecule has 0 spiro atoms. The van der Waals surface area contributed by atoms with Crippen molar-refractivity contribution in [3.8, 4) is 5.75 Å². The van der Waals surface area contributed by atoms with Crippen LogP contribution >= 0.6 is 0 Å². The molecule has 2 fully saturated rings. The van der Waals surface area contributed by atoms with Crippen molar-refractivity contribution >= 4 is 21.9 Å². The molecule has 1 saturated heterocycles. The van der Waals surface area contributed by atoms with Gasteiger partial charge in [0.2, 0.25) is 0 Å². The van der Waals surface area contributed by atoms with Crippen molar-refractivity contribution in [3.63, 3.8) is 0 Å². The molecular weight excluding hydrogens is 406 g/mol. The van der Waals surface area contributed by atoms with Crippen LogP contribution in [0, 0.1) is 0 Å². The van der Waals surface area contributed by atoms with Gasteiger partial charge >= 0.3 is 5.97 Å². The zero-order valence-electron chi connectivity index (χ0n) is 16.7. The number of anilines is 1. The van der Waals surface area contributed by atoms with Crippen molar-refractivity contribution < 1.29 is 23.1 Å². The number of carbonyl (C=O) groups is 1. The van der Waals surface area contributed by atoms with Gasteiger partial charge in [-0.1, -0.05) is 30.3 Å². The normalized spacial score (nSPS) is 24.4. The average Bonchev–Trinajstić information content (AvgIpc) is 3.49. The summed E-state index contributed by atoms with van der Waals surface area (Å²) in [6.07, 6.45) is 0.247. The summed E-state index contributed by atoms with van der Waals surface area (Å²) in [6, 6.07) is 16.8. The molecule has 2 aromatic carbocycles. The number of carboxylic acid groups (broad SMARTS) is 1. The zero-order chi connectivity index (χ0) is 21.4. The van der Waals surface area contributed by atoms with Gasteiger partial charge in [0, 0.05) is 37.8 Å². The van der Waals surface area contributed by atoms with Crippen LogP contribution in [-0.2, 0) is 15.0 Å². The fraction of sp³-hybridized carbons (Fsp3) is 0.381. The van der Waals surface area contributed by atoms with Crippen LogP contribution in [0.2, 0.25) is 0 Å². The van der Waals surface area contributed by atoms with Crippen LogP contribution in [0.25, 0.3) is 0 Å². The Morgan fingerprint density at radius 2 is 1.70 bits per heavy atom. The third-order valence-corrected chi connectivity index (χ3v) is 7.54. The summed E-state index contributed by atoms with van der Waals surface area (Å²) >= 11 is 0. The maximum Gasteiger partial charge on any atom is 0.325 e. The summed E-state index contributed by atoms with van der Waals surface area (Å²) in [5.74, 6) is -0.746. The molecule has 1 aliphatic heterocycles. The van der Waals surface area contributed by atoms with E-state index >= 15 is 0 Å². The van der Waals surface area contributed by atoms with Crippen LogP contribution in [-0.4, -0.2) is 62.6 Å². The number of benzene rings is 2. The Morgan fingerprint density at radius 3 is 2.27 bits per heavy atom. The molecule has 1 saturated carbocycles. The van der Waals surface area contributed by atoms with Gasteiger partial charge in [0.15, 0.2) is 0 Å². The number of hydrogen-bond acceptors (Lipinski definition) is 5. The first kappa shape index (κ1) is 20.6. The number of piperazine rings is 1. The summed E-state index contributed by atoms with van der Waals surface area (Å²) < 4.78 is 34.9. The molecule has 8 nitrogen and oxygen atoms in total. The molecule has 2 atom stereocenters. The Morgan fingerprint density at radius 1 is 1.07 bits per heavy atom. The minimum Gasteiger partial charge on any atom is -0.497 e. The standard InChI is InChI=1S/C21H25N3O5S/c1-29-18-9-7-17(8-10-18)23-11-13-24(14-12-23)30(27,28)22-21(20(25)26)15-19(21)16-5-3-2-4-6-16/h2-10,19,22H,11-15H2,1H3,(H,25,26). The predicted molar refractivity (Wildman–Crippen MR) is 113 cm³/mol. The number of nitrogens with zero attached hydrogens (tertiary/aromatic N) is 2. The summed E-state index contributed by atoms with van der Waals surface area (Å²) in [5, 5.41) is 9.77. The fourth-order valence-corrected chi connectivity index (χ4v) is 5.56. The molecule has 2 unspecified atom stereocenters. The quantitative estimate of drug-likeness (QED) is 0.692. The first-order valence-electron chi connectivity index (χ1n) is 9.82. The highest BCUT2D eigenvalue weighted by Crippen LogP contribution is 2.52. The van der Waals surface area contributed by atoms with E-state index in [1.807, 2.05) is 54.6 Å². The number of nitrogens with one attached hydrogen (secondary N) is 1. The number of ether oxygens (including phenoxy) is 1. The first-order chi connectivity index (χ1) is 14.4. The van der Waals surface area contributed by atoms with E-state index in [-0.39, 0.29) is 25.4 Å². The smallest absolute Gasteiger partial charge is 0.325 e. The van der Waals surface area contributed by atoms with Gasteiger partial charge in [0.05, 0.1) is 7.11 Å². The minimum atomic E-state index is -3.92. The third-order valence-electron chi connectivity index (χ3n) is 5.87. The number of aliphatic carboxylic acids is 1. The average molecular weight is 432 g/mol. The fourth-order valence-electron chi connectivity index (χ4n) is 4.02. The van der Waals surface area contributed by atoms with Crippen LogP contribution in [0.1, 0.15) is 17.9 Å². The van der Waals surface area contributed by atoms with E-state index in [4.69, 9.17) is 4.74 Å². The predicted octanol–water partition coefficient (Wildman–Crippen LogP) is 1.66. The molecule has 0 bridgehead atoms. The van der Waals surface area contributed by atoms with Crippen LogP contribution in [0.5, 0.6) is 5.75 Å². The van der Waals surface area contributed by atoms with Crippen molar-refractivity contribution in [1.29, 1.82) is 0 Å². The summed E-state index contributed by atoms with van der Waals surface area (Å²) in [6.45, 7) is 1.62. The van der Waals surface area contributed by atoms with Gasteiger partial charge in [-0.3, -0.25) is 4.79 Å². The Balaban J connectivity index is 1.42. The number of methoxy groups -OCH3 is 1. The van der Waals surface area contributed by atoms with E-state index in [1.165, 1.54) is 4.31 Å². The molecule has 2 N–H and O–H groups in total. The number of rotatable bonds is 7. The highest BCUT2D eigenvalue weighted by atomic mass is 32.2. The maximum absolute atomic E-state index is 13.0. The van der Waals surface area contributed by atoms with E-state index in [0.29, 0.717) is 13.1 Å². The van der Waals surface area contributed by atoms with E-state index < -0.39 is 21.7 Å². The van der Waals surface area contributed by atoms with Crippen LogP contribution in [0.4, 0.5) is 5.69 Å². The Labute approximate surface area is 176 Å². The van der Waals surface area contributed by atoms with Gasteiger partial charge in [-0.05, 0) is 36.2 Å². The van der Waals surface area contributed by atoms with Crippen molar-refractivity contribution in [2.75, 3.05) is 38.2 Å². The molecule has 1 heterocycles. The second kappa shape index (κ2) is 7.90. The molecule has 30 heavy (non-hydrogen) atoms. The van der Waals surface area contributed by atoms with Gasteiger partial charge in [0.1, 0.15) is 11.3 Å². The van der Waals surface area contributed by atoms with Crippen LogP contribution in [0.15, 0.2) is 54.6 Å². The van der Waals surface area contributed by atoms with E-state index in [2.05, 4.69) is 9.62 Å². The van der Waals surface area contributed by atoms with E-state index in [9.17, 15) is 18.3 Å². The summed E-state index contributed by atoms with van der Waals surface area (Å²) in [7, 11) is -2.32. The monoisotopic (exact) mass is 431 g/mol. The second-order valence-electron chi connectivity index (χ2n) is 7.64. The van der Waals surface area contributed by atoms with Crippen LogP contribution in [0.3, 0.4) is 0 Å².